The summed E-state index contributed by atoms with van der Waals surface area (Å²) in [6.07, 6.45) is 0. The first-order valence-corrected chi connectivity index (χ1v) is 9.82. The lowest BCUT2D eigenvalue weighted by atomic mass is 10.1. The number of para-hydroxylation sites is 2. The fourth-order valence-corrected chi connectivity index (χ4v) is 4.12. The lowest BCUT2D eigenvalue weighted by molar-refractivity contribution is 0.187. The molecule has 0 unspecified atom stereocenters. The lowest BCUT2D eigenvalue weighted by Crippen LogP contribution is -2.18. The van der Waals surface area contributed by atoms with E-state index >= 15 is 0 Å². The molecule has 4 nitrogen and oxygen atoms in total. The summed E-state index contributed by atoms with van der Waals surface area (Å²) < 4.78 is 13.6. The number of fused-ring (bicyclic) bond motifs is 1. The van der Waals surface area contributed by atoms with Crippen LogP contribution < -0.4 is 4.80 Å². The van der Waals surface area contributed by atoms with Crippen molar-refractivity contribution in [1.29, 1.82) is 0 Å². The summed E-state index contributed by atoms with van der Waals surface area (Å²) in [7, 11) is 1.72. The first-order valence-electron chi connectivity index (χ1n) is 8.94. The van der Waals surface area contributed by atoms with Crippen molar-refractivity contribution < 1.29 is 9.15 Å². The summed E-state index contributed by atoms with van der Waals surface area (Å²) in [4.78, 5) is 5.92. The van der Waals surface area contributed by atoms with Crippen molar-refractivity contribution in [2.24, 2.45) is 4.99 Å². The summed E-state index contributed by atoms with van der Waals surface area (Å²) in [5.74, 6) is 0.853. The fraction of sp³-hybridized carbons (Fsp3) is 0.227. The van der Waals surface area contributed by atoms with Gasteiger partial charge in [-0.05, 0) is 37.1 Å². The summed E-state index contributed by atoms with van der Waals surface area (Å²) >= 11 is 1.62. The van der Waals surface area contributed by atoms with E-state index in [0.29, 0.717) is 6.61 Å². The van der Waals surface area contributed by atoms with Gasteiger partial charge in [-0.1, -0.05) is 36.4 Å². The predicted molar refractivity (Wildman–Crippen MR) is 111 cm³/mol. The van der Waals surface area contributed by atoms with Gasteiger partial charge in [0.2, 0.25) is 0 Å². The van der Waals surface area contributed by atoms with E-state index in [2.05, 4.69) is 54.1 Å². The van der Waals surface area contributed by atoms with Crippen molar-refractivity contribution in [2.45, 2.75) is 20.4 Å². The molecule has 0 N–H and O–H groups in total. The summed E-state index contributed by atoms with van der Waals surface area (Å²) in [6, 6.07) is 16.4. The van der Waals surface area contributed by atoms with E-state index in [1.165, 1.54) is 11.1 Å². The second kappa shape index (κ2) is 7.55. The molecule has 0 aliphatic heterocycles. The zero-order valence-corrected chi connectivity index (χ0v) is 16.5. The van der Waals surface area contributed by atoms with E-state index in [1.807, 2.05) is 18.2 Å². The van der Waals surface area contributed by atoms with Crippen LogP contribution in [0.3, 0.4) is 0 Å². The number of ether oxygens (including phenoxy) is 1. The number of aromatic nitrogens is 1. The Bertz CT molecular complexity index is 1100. The quantitative estimate of drug-likeness (QED) is 0.463. The molecule has 138 valence electrons. The van der Waals surface area contributed by atoms with Crippen molar-refractivity contribution in [3.63, 3.8) is 0 Å². The number of rotatable bonds is 5. The van der Waals surface area contributed by atoms with Crippen molar-refractivity contribution in [1.82, 2.24) is 4.57 Å². The van der Waals surface area contributed by atoms with Crippen molar-refractivity contribution in [3.05, 3.63) is 69.8 Å². The molecule has 4 rings (SSSR count). The molecule has 0 aliphatic carbocycles. The Morgan fingerprint density at radius 3 is 2.59 bits per heavy atom. The van der Waals surface area contributed by atoms with Gasteiger partial charge in [-0.25, -0.2) is 4.99 Å². The van der Waals surface area contributed by atoms with Gasteiger partial charge in [0.15, 0.2) is 10.6 Å². The molecule has 0 saturated heterocycles. The summed E-state index contributed by atoms with van der Waals surface area (Å²) in [5, 5.41) is 3.21. The predicted octanol–water partition coefficient (Wildman–Crippen LogP) is 5.46. The minimum Gasteiger partial charge on any atom is -0.454 e. The Balaban J connectivity index is 1.87. The molecule has 27 heavy (non-hydrogen) atoms. The van der Waals surface area contributed by atoms with Crippen LogP contribution in [-0.4, -0.2) is 18.3 Å². The molecule has 0 saturated carbocycles. The smallest absolute Gasteiger partial charge is 0.190 e. The third-order valence-corrected chi connectivity index (χ3v) is 5.51. The fourth-order valence-electron chi connectivity index (χ4n) is 3.20. The highest BCUT2D eigenvalue weighted by atomic mass is 32.1. The standard InChI is InChI=1S/C22H22N2O2S/c1-15-7-6-8-16(2)21(15)23-22-24(11-12-25-3)18(14-27-22)20-13-17-9-4-5-10-19(17)26-20/h4-10,13-14H,11-12H2,1-3H3. The maximum atomic E-state index is 6.09. The third kappa shape index (κ3) is 3.48. The minimum atomic E-state index is 0.615. The van der Waals surface area contributed by atoms with Crippen molar-refractivity contribution >= 4 is 28.0 Å². The summed E-state index contributed by atoms with van der Waals surface area (Å²) in [5.41, 5.74) is 5.30. The van der Waals surface area contributed by atoms with Gasteiger partial charge < -0.3 is 13.7 Å². The SMILES string of the molecule is COCCn1c(-c2cc3ccccc3o2)csc1=Nc1c(C)cccc1C. The van der Waals surface area contributed by atoms with Gasteiger partial charge in [0.05, 0.1) is 18.0 Å². The largest absolute Gasteiger partial charge is 0.454 e. The maximum absolute atomic E-state index is 6.09. The molecule has 2 aromatic carbocycles. The van der Waals surface area contributed by atoms with Crippen LogP contribution in [0.1, 0.15) is 11.1 Å². The number of hydrogen-bond acceptors (Lipinski definition) is 4. The van der Waals surface area contributed by atoms with E-state index < -0.39 is 0 Å². The number of methoxy groups -OCH3 is 1. The molecule has 0 fully saturated rings. The topological polar surface area (TPSA) is 39.7 Å². The second-order valence-corrected chi connectivity index (χ2v) is 7.39. The summed E-state index contributed by atoms with van der Waals surface area (Å²) in [6.45, 7) is 5.53. The highest BCUT2D eigenvalue weighted by molar-refractivity contribution is 7.07. The first kappa shape index (κ1) is 17.8. The number of hydrogen-bond donors (Lipinski definition) is 0. The molecule has 2 aromatic heterocycles. The van der Waals surface area contributed by atoms with Crippen LogP contribution in [0, 0.1) is 13.8 Å². The van der Waals surface area contributed by atoms with Gasteiger partial charge >= 0.3 is 0 Å². The Morgan fingerprint density at radius 2 is 1.85 bits per heavy atom. The average molecular weight is 378 g/mol. The van der Waals surface area contributed by atoms with Gasteiger partial charge in [0, 0.05) is 24.4 Å². The first-order chi connectivity index (χ1) is 13.2. The van der Waals surface area contributed by atoms with Crippen molar-refractivity contribution in [2.75, 3.05) is 13.7 Å². The monoisotopic (exact) mass is 378 g/mol. The molecule has 0 atom stereocenters. The molecule has 0 radical (unpaired) electrons. The highest BCUT2D eigenvalue weighted by Crippen LogP contribution is 2.29. The molecular formula is C22H22N2O2S. The molecule has 0 bridgehead atoms. The van der Waals surface area contributed by atoms with E-state index in [4.69, 9.17) is 14.1 Å². The zero-order valence-electron chi connectivity index (χ0n) is 15.7. The van der Waals surface area contributed by atoms with Gasteiger partial charge in [0.25, 0.3) is 0 Å². The molecule has 0 spiro atoms. The van der Waals surface area contributed by atoms with Crippen LogP contribution in [0.4, 0.5) is 5.69 Å². The number of furan rings is 1. The van der Waals surface area contributed by atoms with Crippen LogP contribution >= 0.6 is 11.3 Å². The van der Waals surface area contributed by atoms with Gasteiger partial charge in [0.1, 0.15) is 5.58 Å². The molecule has 2 heterocycles. The van der Waals surface area contributed by atoms with Gasteiger partial charge in [-0.3, -0.25) is 0 Å². The molecule has 0 amide bonds. The number of nitrogens with zero attached hydrogens (tertiary/aromatic N) is 2. The van der Waals surface area contributed by atoms with Crippen LogP contribution in [0.5, 0.6) is 0 Å². The Hall–Kier alpha value is -2.63. The Morgan fingerprint density at radius 1 is 1.07 bits per heavy atom. The molecular weight excluding hydrogens is 356 g/mol. The number of aryl methyl sites for hydroxylation is 2. The number of thiazole rings is 1. The maximum Gasteiger partial charge on any atom is 0.190 e. The molecule has 4 aromatic rings. The third-order valence-electron chi connectivity index (χ3n) is 4.64. The van der Waals surface area contributed by atoms with Gasteiger partial charge in [-0.15, -0.1) is 11.3 Å². The lowest BCUT2D eigenvalue weighted by Gasteiger charge is -2.08. The minimum absolute atomic E-state index is 0.615. The number of benzene rings is 2. The Labute approximate surface area is 162 Å². The van der Waals surface area contributed by atoms with Crippen LogP contribution in [0.15, 0.2) is 63.3 Å². The van der Waals surface area contributed by atoms with E-state index in [9.17, 15) is 0 Å². The Kier molecular flexibility index (Phi) is 4.97. The molecule has 0 aliphatic rings. The van der Waals surface area contributed by atoms with E-state index in [1.54, 1.807) is 18.4 Å². The van der Waals surface area contributed by atoms with Crippen LogP contribution in [-0.2, 0) is 11.3 Å². The normalized spacial score (nSPS) is 12.2. The van der Waals surface area contributed by atoms with Crippen LogP contribution in [0.2, 0.25) is 0 Å². The molecule has 5 heteroatoms. The van der Waals surface area contributed by atoms with Gasteiger partial charge in [-0.2, -0.15) is 0 Å². The van der Waals surface area contributed by atoms with E-state index in [-0.39, 0.29) is 0 Å². The van der Waals surface area contributed by atoms with Crippen LogP contribution in [0.25, 0.3) is 22.4 Å². The average Bonchev–Trinajstić information content (AvgIpc) is 3.26. The van der Waals surface area contributed by atoms with Crippen molar-refractivity contribution in [3.8, 4) is 11.5 Å². The van der Waals surface area contributed by atoms with E-state index in [0.717, 1.165) is 39.5 Å². The zero-order chi connectivity index (χ0) is 18.8. The second-order valence-electron chi connectivity index (χ2n) is 6.55. The highest BCUT2D eigenvalue weighted by Gasteiger charge is 2.13.